The first-order valence-corrected chi connectivity index (χ1v) is 10.8. The van der Waals surface area contributed by atoms with E-state index in [1.165, 1.54) is 12.1 Å². The number of aliphatic hydroxyl groups is 1. The Hall–Kier alpha value is -1.63. The van der Waals surface area contributed by atoms with Crippen LogP contribution in [0.2, 0.25) is 0 Å². The zero-order chi connectivity index (χ0) is 20.4. The number of esters is 1. The van der Waals surface area contributed by atoms with E-state index in [9.17, 15) is 19.5 Å². The van der Waals surface area contributed by atoms with Crippen molar-refractivity contribution in [2.75, 3.05) is 7.05 Å². The van der Waals surface area contributed by atoms with Crippen LogP contribution in [0.1, 0.15) is 71.6 Å². The van der Waals surface area contributed by atoms with Crippen molar-refractivity contribution >= 4 is 17.8 Å². The van der Waals surface area contributed by atoms with Gasteiger partial charge in [0, 0.05) is 7.05 Å². The molecular weight excluding hydrogens is 360 g/mol. The number of hydrogen-bond donors (Lipinski definition) is 1. The van der Waals surface area contributed by atoms with Crippen molar-refractivity contribution in [1.82, 2.24) is 10.0 Å². The lowest BCUT2D eigenvalue weighted by molar-refractivity contribution is -0.200. The highest BCUT2D eigenvalue weighted by atomic mass is 16.5. The number of carbonyl (C=O) groups is 3. The number of hydrogen-bond acceptors (Lipinski definition) is 5. The second-order valence-corrected chi connectivity index (χ2v) is 9.06. The molecule has 1 heterocycles. The fourth-order valence-corrected chi connectivity index (χ4v) is 4.99. The zero-order valence-electron chi connectivity index (χ0n) is 17.3. The predicted molar refractivity (Wildman–Crippen MR) is 103 cm³/mol. The van der Waals surface area contributed by atoms with Crippen LogP contribution in [-0.2, 0) is 19.1 Å². The molecule has 2 saturated carbocycles. The highest BCUT2D eigenvalue weighted by Crippen LogP contribution is 2.36. The molecule has 1 N–H and O–H groups in total. The normalized spacial score (nSPS) is 28.5. The standard InChI is InChI=1S/C21H34N2O5/c1-13(2)12-16-18(24)20(26)22(3)23(19(16)25)17(14-8-4-5-9-14)21(27)28-15-10-6-7-11-15/h13-18,24H,4-12H2,1-3H3/t16?,17-,18?/m0/s1. The van der Waals surface area contributed by atoms with Crippen LogP contribution in [-0.4, -0.2) is 58.2 Å². The van der Waals surface area contributed by atoms with Gasteiger partial charge in [-0.25, -0.2) is 9.80 Å². The van der Waals surface area contributed by atoms with Crippen molar-refractivity contribution < 1.29 is 24.2 Å². The molecule has 0 bridgehead atoms. The summed E-state index contributed by atoms with van der Waals surface area (Å²) in [5.41, 5.74) is 0. The van der Waals surface area contributed by atoms with Gasteiger partial charge < -0.3 is 9.84 Å². The Bertz CT molecular complexity index is 596. The molecule has 1 aliphatic heterocycles. The Kier molecular flexibility index (Phi) is 6.63. The molecule has 7 nitrogen and oxygen atoms in total. The quantitative estimate of drug-likeness (QED) is 0.699. The lowest BCUT2D eigenvalue weighted by Gasteiger charge is -2.46. The summed E-state index contributed by atoms with van der Waals surface area (Å²) in [6.07, 6.45) is 6.49. The first kappa shape index (κ1) is 21.1. The molecule has 3 atom stereocenters. The summed E-state index contributed by atoms with van der Waals surface area (Å²) in [6.45, 7) is 3.91. The van der Waals surface area contributed by atoms with Crippen LogP contribution < -0.4 is 0 Å². The molecule has 1 saturated heterocycles. The first-order valence-electron chi connectivity index (χ1n) is 10.8. The van der Waals surface area contributed by atoms with Crippen LogP contribution in [0.4, 0.5) is 0 Å². The number of amides is 2. The summed E-state index contributed by atoms with van der Waals surface area (Å²) < 4.78 is 5.78. The van der Waals surface area contributed by atoms with Gasteiger partial charge in [0.1, 0.15) is 12.2 Å². The van der Waals surface area contributed by atoms with Crippen LogP contribution in [0.25, 0.3) is 0 Å². The number of hydrazine groups is 1. The minimum atomic E-state index is -1.36. The fourth-order valence-electron chi connectivity index (χ4n) is 4.99. The third kappa shape index (κ3) is 4.19. The lowest BCUT2D eigenvalue weighted by atomic mass is 9.87. The van der Waals surface area contributed by atoms with Crippen molar-refractivity contribution in [1.29, 1.82) is 0 Å². The molecular formula is C21H34N2O5. The van der Waals surface area contributed by atoms with Crippen LogP contribution in [0, 0.1) is 17.8 Å². The summed E-state index contributed by atoms with van der Waals surface area (Å²) in [7, 11) is 1.47. The van der Waals surface area contributed by atoms with E-state index in [1.807, 2.05) is 13.8 Å². The average Bonchev–Trinajstić information content (AvgIpc) is 3.34. The number of carbonyl (C=O) groups excluding carboxylic acids is 3. The third-order valence-corrected chi connectivity index (χ3v) is 6.48. The number of ether oxygens (including phenoxy) is 1. The third-order valence-electron chi connectivity index (χ3n) is 6.48. The maximum absolute atomic E-state index is 13.3. The van der Waals surface area contributed by atoms with Gasteiger partial charge in [-0.2, -0.15) is 0 Å². The monoisotopic (exact) mass is 394 g/mol. The Balaban J connectivity index is 1.88. The molecule has 2 amide bonds. The topological polar surface area (TPSA) is 87.2 Å². The number of aliphatic hydroxyl groups excluding tert-OH is 1. The maximum Gasteiger partial charge on any atom is 0.331 e. The summed E-state index contributed by atoms with van der Waals surface area (Å²) in [4.78, 5) is 39.2. The van der Waals surface area contributed by atoms with Gasteiger partial charge in [-0.3, -0.25) is 14.6 Å². The zero-order valence-corrected chi connectivity index (χ0v) is 17.3. The van der Waals surface area contributed by atoms with E-state index in [1.54, 1.807) is 0 Å². The smallest absolute Gasteiger partial charge is 0.331 e. The van der Waals surface area contributed by atoms with E-state index in [0.29, 0.717) is 6.42 Å². The molecule has 2 unspecified atom stereocenters. The fraction of sp³-hybridized carbons (Fsp3) is 0.857. The van der Waals surface area contributed by atoms with E-state index in [4.69, 9.17) is 4.74 Å². The van der Waals surface area contributed by atoms with Gasteiger partial charge in [0.2, 0.25) is 5.91 Å². The lowest BCUT2D eigenvalue weighted by Crippen LogP contribution is -2.67. The van der Waals surface area contributed by atoms with E-state index in [-0.39, 0.29) is 23.8 Å². The Morgan fingerprint density at radius 1 is 1.07 bits per heavy atom. The maximum atomic E-state index is 13.3. The second kappa shape index (κ2) is 8.80. The number of likely N-dealkylation sites (N-methyl/N-ethyl adjacent to an activating group) is 1. The Morgan fingerprint density at radius 2 is 1.64 bits per heavy atom. The minimum Gasteiger partial charge on any atom is -0.461 e. The summed E-state index contributed by atoms with van der Waals surface area (Å²) in [5.74, 6) is -1.94. The molecule has 3 fully saturated rings. The van der Waals surface area contributed by atoms with Crippen molar-refractivity contribution in [2.45, 2.75) is 89.9 Å². The molecule has 0 aromatic carbocycles. The summed E-state index contributed by atoms with van der Waals surface area (Å²) in [5, 5.41) is 12.9. The average molecular weight is 395 g/mol. The molecule has 2 aliphatic carbocycles. The van der Waals surface area contributed by atoms with Gasteiger partial charge in [0.25, 0.3) is 5.91 Å². The van der Waals surface area contributed by atoms with Crippen LogP contribution >= 0.6 is 0 Å². The predicted octanol–water partition coefficient (Wildman–Crippen LogP) is 2.27. The molecule has 3 aliphatic rings. The van der Waals surface area contributed by atoms with Gasteiger partial charge >= 0.3 is 5.97 Å². The van der Waals surface area contributed by atoms with Gasteiger partial charge in [-0.05, 0) is 56.8 Å². The Labute approximate surface area is 167 Å². The second-order valence-electron chi connectivity index (χ2n) is 9.06. The highest BCUT2D eigenvalue weighted by Gasteiger charge is 2.51. The number of nitrogens with zero attached hydrogens (tertiary/aromatic N) is 2. The molecule has 158 valence electrons. The Morgan fingerprint density at radius 3 is 2.21 bits per heavy atom. The molecule has 0 radical (unpaired) electrons. The van der Waals surface area contributed by atoms with Crippen molar-refractivity contribution in [3.8, 4) is 0 Å². The molecule has 7 heteroatoms. The van der Waals surface area contributed by atoms with Crippen molar-refractivity contribution in [3.63, 3.8) is 0 Å². The molecule has 0 spiro atoms. The highest BCUT2D eigenvalue weighted by molar-refractivity contribution is 5.96. The molecule has 3 rings (SSSR count). The summed E-state index contributed by atoms with van der Waals surface area (Å²) in [6, 6.07) is -0.785. The van der Waals surface area contributed by atoms with E-state index in [0.717, 1.165) is 56.4 Å². The summed E-state index contributed by atoms with van der Waals surface area (Å²) >= 11 is 0. The van der Waals surface area contributed by atoms with Crippen molar-refractivity contribution in [3.05, 3.63) is 0 Å². The molecule has 0 aromatic rings. The van der Waals surface area contributed by atoms with Gasteiger partial charge in [-0.1, -0.05) is 26.7 Å². The van der Waals surface area contributed by atoms with Gasteiger partial charge in [0.05, 0.1) is 5.92 Å². The van der Waals surface area contributed by atoms with E-state index >= 15 is 0 Å². The number of rotatable bonds is 6. The largest absolute Gasteiger partial charge is 0.461 e. The SMILES string of the molecule is CC(C)CC1C(=O)N([C@H](C(=O)OC2CCCC2)C2CCCC2)N(C)C(=O)C1O. The van der Waals surface area contributed by atoms with E-state index in [2.05, 4.69) is 0 Å². The van der Waals surface area contributed by atoms with Crippen LogP contribution in [0.5, 0.6) is 0 Å². The van der Waals surface area contributed by atoms with Gasteiger partial charge in [0.15, 0.2) is 6.04 Å². The van der Waals surface area contributed by atoms with E-state index < -0.39 is 29.9 Å². The van der Waals surface area contributed by atoms with Gasteiger partial charge in [-0.15, -0.1) is 0 Å². The molecule has 0 aromatic heterocycles. The van der Waals surface area contributed by atoms with Crippen LogP contribution in [0.15, 0.2) is 0 Å². The molecule has 28 heavy (non-hydrogen) atoms. The van der Waals surface area contributed by atoms with Crippen LogP contribution in [0.3, 0.4) is 0 Å². The minimum absolute atomic E-state index is 0.0111. The van der Waals surface area contributed by atoms with Crippen molar-refractivity contribution in [2.24, 2.45) is 17.8 Å². The first-order chi connectivity index (χ1) is 13.3.